The summed E-state index contributed by atoms with van der Waals surface area (Å²) in [5.41, 5.74) is 0. The van der Waals surface area contributed by atoms with Gasteiger partial charge in [-0.05, 0) is 31.2 Å². The van der Waals surface area contributed by atoms with Gasteiger partial charge in [0.25, 0.3) is 0 Å². The van der Waals surface area contributed by atoms with Crippen molar-refractivity contribution in [3.8, 4) is 11.8 Å². The van der Waals surface area contributed by atoms with Crippen LogP contribution in [0.1, 0.15) is 5.76 Å². The van der Waals surface area contributed by atoms with Crippen LogP contribution in [0, 0.1) is 6.92 Å². The second kappa shape index (κ2) is 3.84. The zero-order valence-corrected chi connectivity index (χ0v) is 9.11. The van der Waals surface area contributed by atoms with E-state index in [2.05, 4.69) is 20.9 Å². The SMILES string of the molecule is Cc1cnc(Oc2ccc(Br)cc2)o1. The van der Waals surface area contributed by atoms with E-state index >= 15 is 0 Å². The number of hydrogen-bond donors (Lipinski definition) is 0. The van der Waals surface area contributed by atoms with Gasteiger partial charge in [-0.15, -0.1) is 0 Å². The van der Waals surface area contributed by atoms with Crippen molar-refractivity contribution in [1.82, 2.24) is 4.98 Å². The van der Waals surface area contributed by atoms with Crippen LogP contribution in [0.4, 0.5) is 0 Å². The highest BCUT2D eigenvalue weighted by Crippen LogP contribution is 2.22. The molecule has 0 unspecified atom stereocenters. The highest BCUT2D eigenvalue weighted by atomic mass is 79.9. The number of benzene rings is 1. The van der Waals surface area contributed by atoms with E-state index in [1.807, 2.05) is 31.2 Å². The normalized spacial score (nSPS) is 10.1. The first-order valence-corrected chi connectivity index (χ1v) is 4.89. The monoisotopic (exact) mass is 253 g/mol. The van der Waals surface area contributed by atoms with Gasteiger partial charge in [-0.1, -0.05) is 15.9 Å². The largest absolute Gasteiger partial charge is 0.414 e. The fraction of sp³-hybridized carbons (Fsp3) is 0.100. The van der Waals surface area contributed by atoms with Crippen LogP contribution in [0.15, 0.2) is 39.4 Å². The number of rotatable bonds is 2. The lowest BCUT2D eigenvalue weighted by atomic mass is 10.3. The predicted molar refractivity (Wildman–Crippen MR) is 55.5 cm³/mol. The van der Waals surface area contributed by atoms with Crippen molar-refractivity contribution in [2.45, 2.75) is 6.92 Å². The molecule has 0 aliphatic heterocycles. The first-order chi connectivity index (χ1) is 6.74. The summed E-state index contributed by atoms with van der Waals surface area (Å²) in [6, 6.07) is 7.46. The van der Waals surface area contributed by atoms with E-state index in [1.165, 1.54) is 0 Å². The molecule has 0 fully saturated rings. The van der Waals surface area contributed by atoms with Crippen molar-refractivity contribution < 1.29 is 9.15 Å². The molecule has 72 valence electrons. The van der Waals surface area contributed by atoms with Gasteiger partial charge >= 0.3 is 6.08 Å². The third-order valence-corrected chi connectivity index (χ3v) is 2.15. The van der Waals surface area contributed by atoms with E-state index in [-0.39, 0.29) is 6.08 Å². The molecule has 1 aromatic carbocycles. The van der Waals surface area contributed by atoms with Crippen molar-refractivity contribution in [2.75, 3.05) is 0 Å². The Kier molecular flexibility index (Phi) is 2.54. The number of ether oxygens (including phenoxy) is 1. The Morgan fingerprint density at radius 3 is 2.57 bits per heavy atom. The molecule has 0 bridgehead atoms. The molecule has 0 aliphatic rings. The number of nitrogens with zero attached hydrogens (tertiary/aromatic N) is 1. The molecule has 14 heavy (non-hydrogen) atoms. The lowest BCUT2D eigenvalue weighted by Gasteiger charge is -1.99. The van der Waals surface area contributed by atoms with Gasteiger partial charge in [0.2, 0.25) is 0 Å². The zero-order valence-electron chi connectivity index (χ0n) is 7.53. The zero-order chi connectivity index (χ0) is 9.97. The van der Waals surface area contributed by atoms with Crippen molar-refractivity contribution in [2.24, 2.45) is 0 Å². The van der Waals surface area contributed by atoms with Crippen LogP contribution in [-0.4, -0.2) is 4.98 Å². The maximum Gasteiger partial charge on any atom is 0.399 e. The topological polar surface area (TPSA) is 35.3 Å². The van der Waals surface area contributed by atoms with Gasteiger partial charge in [0.05, 0.1) is 6.20 Å². The van der Waals surface area contributed by atoms with Crippen LogP contribution in [0.3, 0.4) is 0 Å². The van der Waals surface area contributed by atoms with Gasteiger partial charge in [0, 0.05) is 4.47 Å². The summed E-state index contributed by atoms with van der Waals surface area (Å²) in [6.07, 6.45) is 1.89. The van der Waals surface area contributed by atoms with Gasteiger partial charge in [-0.3, -0.25) is 0 Å². The molecular formula is C10H8BrNO2. The maximum absolute atomic E-state index is 5.36. The van der Waals surface area contributed by atoms with Crippen molar-refractivity contribution in [3.63, 3.8) is 0 Å². The quantitative estimate of drug-likeness (QED) is 0.822. The highest BCUT2D eigenvalue weighted by Gasteiger charge is 2.02. The summed E-state index contributed by atoms with van der Waals surface area (Å²) < 4.78 is 11.5. The van der Waals surface area contributed by atoms with Gasteiger partial charge in [-0.25, -0.2) is 0 Å². The second-order valence-electron chi connectivity index (χ2n) is 2.79. The number of aryl methyl sites for hydroxylation is 1. The number of halogens is 1. The lowest BCUT2D eigenvalue weighted by molar-refractivity contribution is 0.323. The Morgan fingerprint density at radius 1 is 1.29 bits per heavy atom. The van der Waals surface area contributed by atoms with Gasteiger partial charge < -0.3 is 9.15 Å². The number of oxazole rings is 1. The number of aromatic nitrogens is 1. The van der Waals surface area contributed by atoms with Gasteiger partial charge in [0.1, 0.15) is 11.5 Å². The summed E-state index contributed by atoms with van der Waals surface area (Å²) >= 11 is 3.34. The Morgan fingerprint density at radius 2 is 2.00 bits per heavy atom. The first kappa shape index (κ1) is 9.27. The molecule has 0 saturated carbocycles. The fourth-order valence-electron chi connectivity index (χ4n) is 0.985. The summed E-state index contributed by atoms with van der Waals surface area (Å²) in [5, 5.41) is 0. The van der Waals surface area contributed by atoms with Crippen LogP contribution in [0.25, 0.3) is 0 Å². The molecule has 4 heteroatoms. The van der Waals surface area contributed by atoms with Crippen molar-refractivity contribution in [3.05, 3.63) is 40.7 Å². The second-order valence-corrected chi connectivity index (χ2v) is 3.71. The van der Waals surface area contributed by atoms with Crippen molar-refractivity contribution >= 4 is 15.9 Å². The number of hydrogen-bond acceptors (Lipinski definition) is 3. The molecular weight excluding hydrogens is 246 g/mol. The smallest absolute Gasteiger partial charge is 0.399 e. The van der Waals surface area contributed by atoms with Crippen LogP contribution in [0.5, 0.6) is 11.8 Å². The lowest BCUT2D eigenvalue weighted by Crippen LogP contribution is -1.82. The van der Waals surface area contributed by atoms with E-state index in [0.717, 1.165) is 10.2 Å². The minimum absolute atomic E-state index is 0.268. The Hall–Kier alpha value is -1.29. The highest BCUT2D eigenvalue weighted by molar-refractivity contribution is 9.10. The van der Waals surface area contributed by atoms with Crippen molar-refractivity contribution in [1.29, 1.82) is 0 Å². The molecule has 1 heterocycles. The molecule has 2 aromatic rings. The van der Waals surface area contributed by atoms with E-state index in [1.54, 1.807) is 6.20 Å². The van der Waals surface area contributed by atoms with E-state index < -0.39 is 0 Å². The first-order valence-electron chi connectivity index (χ1n) is 4.10. The van der Waals surface area contributed by atoms with E-state index in [0.29, 0.717) is 5.75 Å². The molecule has 0 atom stereocenters. The average Bonchev–Trinajstić information content (AvgIpc) is 2.56. The molecule has 1 aromatic heterocycles. The summed E-state index contributed by atoms with van der Waals surface area (Å²) in [5.74, 6) is 1.44. The van der Waals surface area contributed by atoms with E-state index in [4.69, 9.17) is 9.15 Å². The summed E-state index contributed by atoms with van der Waals surface area (Å²) in [6.45, 7) is 1.82. The maximum atomic E-state index is 5.36. The summed E-state index contributed by atoms with van der Waals surface area (Å²) in [4.78, 5) is 3.93. The standard InChI is InChI=1S/C10H8BrNO2/c1-7-6-12-10(13-7)14-9-4-2-8(11)3-5-9/h2-6H,1H3. The average molecular weight is 254 g/mol. The van der Waals surface area contributed by atoms with Crippen LogP contribution < -0.4 is 4.74 Å². The molecule has 0 saturated heterocycles. The summed E-state index contributed by atoms with van der Waals surface area (Å²) in [7, 11) is 0. The van der Waals surface area contributed by atoms with Gasteiger partial charge in [0.15, 0.2) is 0 Å². The third kappa shape index (κ3) is 2.14. The van der Waals surface area contributed by atoms with Crippen LogP contribution in [0.2, 0.25) is 0 Å². The molecule has 0 spiro atoms. The molecule has 3 nitrogen and oxygen atoms in total. The Labute approximate surface area is 89.8 Å². The molecule has 0 N–H and O–H groups in total. The van der Waals surface area contributed by atoms with Crippen LogP contribution >= 0.6 is 15.9 Å². The predicted octanol–water partition coefficient (Wildman–Crippen LogP) is 3.54. The molecule has 0 radical (unpaired) electrons. The Bertz CT molecular complexity index is 422. The van der Waals surface area contributed by atoms with Crippen LogP contribution in [-0.2, 0) is 0 Å². The third-order valence-electron chi connectivity index (χ3n) is 1.62. The molecule has 0 aliphatic carbocycles. The minimum Gasteiger partial charge on any atom is -0.414 e. The van der Waals surface area contributed by atoms with Gasteiger partial charge in [-0.2, -0.15) is 4.98 Å². The minimum atomic E-state index is 0.268. The fourth-order valence-corrected chi connectivity index (χ4v) is 1.25. The molecule has 2 rings (SSSR count). The molecule has 0 amide bonds. The van der Waals surface area contributed by atoms with E-state index in [9.17, 15) is 0 Å². The Balaban J connectivity index is 2.15.